The van der Waals surface area contributed by atoms with Gasteiger partial charge in [-0.1, -0.05) is 17.7 Å². The van der Waals surface area contributed by atoms with Gasteiger partial charge in [-0.05, 0) is 30.7 Å². The van der Waals surface area contributed by atoms with Crippen LogP contribution in [0.1, 0.15) is 16.9 Å². The van der Waals surface area contributed by atoms with Crippen LogP contribution in [0.25, 0.3) is 11.3 Å². The van der Waals surface area contributed by atoms with Gasteiger partial charge < -0.3 is 10.1 Å². The van der Waals surface area contributed by atoms with Crippen molar-refractivity contribution in [1.82, 2.24) is 9.88 Å². The van der Waals surface area contributed by atoms with E-state index in [0.29, 0.717) is 0 Å². The molecule has 1 N–H and O–H groups in total. The van der Waals surface area contributed by atoms with Gasteiger partial charge in [0.2, 0.25) is 0 Å². The molecule has 1 aromatic carbocycles. The van der Waals surface area contributed by atoms with Crippen LogP contribution in [-0.2, 0) is 11.2 Å². The molecule has 2 aliphatic rings. The molecule has 4 nitrogen and oxygen atoms in total. The zero-order valence-corrected chi connectivity index (χ0v) is 14.6. The monoisotopic (exact) mass is 349 g/mol. The van der Waals surface area contributed by atoms with Crippen LogP contribution in [0.4, 0.5) is 5.13 Å². The lowest BCUT2D eigenvalue weighted by Crippen LogP contribution is -2.37. The van der Waals surface area contributed by atoms with Crippen molar-refractivity contribution in [3.8, 4) is 11.3 Å². The molecule has 1 fully saturated rings. The second kappa shape index (κ2) is 6.77. The van der Waals surface area contributed by atoms with Crippen LogP contribution in [0.2, 0.25) is 5.02 Å². The van der Waals surface area contributed by atoms with Crippen LogP contribution in [0.5, 0.6) is 0 Å². The third kappa shape index (κ3) is 3.38. The average Bonchev–Trinajstić information content (AvgIpc) is 3.09. The Balaban J connectivity index is 1.32. The van der Waals surface area contributed by atoms with E-state index in [2.05, 4.69) is 22.3 Å². The Bertz CT molecular complexity index is 697. The summed E-state index contributed by atoms with van der Waals surface area (Å²) in [6.07, 6.45) is 2.09. The third-order valence-corrected chi connectivity index (χ3v) is 5.65. The van der Waals surface area contributed by atoms with Crippen molar-refractivity contribution in [2.24, 2.45) is 0 Å². The summed E-state index contributed by atoms with van der Waals surface area (Å²) in [6.45, 7) is 5.96. The van der Waals surface area contributed by atoms with Crippen molar-refractivity contribution < 1.29 is 4.74 Å². The van der Waals surface area contributed by atoms with Gasteiger partial charge in [0.15, 0.2) is 5.13 Å². The van der Waals surface area contributed by atoms with Gasteiger partial charge in [0.05, 0.1) is 18.9 Å². The fraction of sp³-hybridized carbons (Fsp3) is 0.471. The Hall–Kier alpha value is -1.14. The van der Waals surface area contributed by atoms with Crippen molar-refractivity contribution >= 4 is 28.1 Å². The first kappa shape index (κ1) is 15.4. The Labute approximate surface area is 145 Å². The molecule has 0 amide bonds. The van der Waals surface area contributed by atoms with E-state index in [9.17, 15) is 0 Å². The van der Waals surface area contributed by atoms with E-state index >= 15 is 0 Å². The normalized spacial score (nSPS) is 17.1. The second-order valence-electron chi connectivity index (χ2n) is 6.00. The molecule has 6 heteroatoms. The lowest BCUT2D eigenvalue weighted by atomic mass is 10.1. The summed E-state index contributed by atoms with van der Waals surface area (Å²) < 4.78 is 5.37. The first-order valence-corrected chi connectivity index (χ1v) is 9.31. The summed E-state index contributed by atoms with van der Waals surface area (Å²) in [5.74, 6) is 0. The number of rotatable bonds is 5. The maximum Gasteiger partial charge on any atom is 0.183 e. The van der Waals surface area contributed by atoms with Gasteiger partial charge in [-0.2, -0.15) is 0 Å². The third-order valence-electron chi connectivity index (χ3n) is 4.40. The maximum absolute atomic E-state index is 6.07. The highest BCUT2D eigenvalue weighted by Crippen LogP contribution is 2.41. The number of halogens is 1. The molecule has 0 atom stereocenters. The fourth-order valence-corrected chi connectivity index (χ4v) is 4.41. The number of fused-ring (bicyclic) bond motifs is 3. The van der Waals surface area contributed by atoms with Gasteiger partial charge in [0.25, 0.3) is 0 Å². The molecule has 1 saturated heterocycles. The van der Waals surface area contributed by atoms with E-state index in [4.69, 9.17) is 21.3 Å². The number of ether oxygens (including phenoxy) is 1. The number of aromatic nitrogens is 1. The van der Waals surface area contributed by atoms with E-state index in [-0.39, 0.29) is 0 Å². The smallest absolute Gasteiger partial charge is 0.183 e. The number of hydrogen-bond donors (Lipinski definition) is 1. The molecule has 0 spiro atoms. The molecule has 1 aromatic heterocycles. The molecular formula is C17H20ClN3OS. The zero-order chi connectivity index (χ0) is 15.6. The molecule has 0 saturated carbocycles. The minimum absolute atomic E-state index is 0.806. The van der Waals surface area contributed by atoms with Crippen molar-refractivity contribution in [3.63, 3.8) is 0 Å². The number of nitrogens with zero attached hydrogens (tertiary/aromatic N) is 2. The molecule has 122 valence electrons. The van der Waals surface area contributed by atoms with E-state index in [1.54, 1.807) is 11.3 Å². The van der Waals surface area contributed by atoms with Crippen LogP contribution in [-0.4, -0.2) is 49.3 Å². The van der Waals surface area contributed by atoms with Crippen molar-refractivity contribution in [3.05, 3.63) is 33.7 Å². The van der Waals surface area contributed by atoms with Crippen molar-refractivity contribution in [2.75, 3.05) is 44.7 Å². The molecule has 1 aliphatic carbocycles. The van der Waals surface area contributed by atoms with Crippen LogP contribution < -0.4 is 5.32 Å². The van der Waals surface area contributed by atoms with Crippen molar-refractivity contribution in [2.45, 2.75) is 12.8 Å². The molecular weight excluding hydrogens is 330 g/mol. The highest BCUT2D eigenvalue weighted by atomic mass is 35.5. The molecule has 0 radical (unpaired) electrons. The number of morpholine rings is 1. The lowest BCUT2D eigenvalue weighted by Gasteiger charge is -2.26. The molecule has 2 aromatic rings. The number of nitrogens with one attached hydrogen (secondary N) is 1. The number of thiazole rings is 1. The van der Waals surface area contributed by atoms with Crippen LogP contribution in [0.15, 0.2) is 18.2 Å². The Kier molecular flexibility index (Phi) is 4.53. The quantitative estimate of drug-likeness (QED) is 0.715. The summed E-state index contributed by atoms with van der Waals surface area (Å²) in [6, 6.07) is 6.09. The SMILES string of the molecule is Clc1ccc2c(c1)Cc1sc(NCCCN3CCOCC3)nc1-2. The largest absolute Gasteiger partial charge is 0.379 e. The van der Waals surface area contributed by atoms with Crippen molar-refractivity contribution in [1.29, 1.82) is 0 Å². The first-order valence-electron chi connectivity index (χ1n) is 8.12. The second-order valence-corrected chi connectivity index (χ2v) is 7.52. The highest BCUT2D eigenvalue weighted by molar-refractivity contribution is 7.16. The first-order chi connectivity index (χ1) is 11.3. The highest BCUT2D eigenvalue weighted by Gasteiger charge is 2.23. The van der Waals surface area contributed by atoms with Gasteiger partial charge in [-0.25, -0.2) is 4.98 Å². The summed E-state index contributed by atoms with van der Waals surface area (Å²) in [7, 11) is 0. The predicted octanol–water partition coefficient (Wildman–Crippen LogP) is 3.50. The molecule has 2 heterocycles. The number of benzene rings is 1. The van der Waals surface area contributed by atoms with Gasteiger partial charge in [-0.15, -0.1) is 11.3 Å². The van der Waals surface area contributed by atoms with Gasteiger partial charge in [0, 0.05) is 41.5 Å². The molecule has 1 aliphatic heterocycles. The molecule has 0 bridgehead atoms. The number of anilines is 1. The molecule has 23 heavy (non-hydrogen) atoms. The van der Waals surface area contributed by atoms with Gasteiger partial charge in [0.1, 0.15) is 0 Å². The van der Waals surface area contributed by atoms with Crippen LogP contribution in [0, 0.1) is 0 Å². The summed E-state index contributed by atoms with van der Waals surface area (Å²) in [5, 5.41) is 5.32. The Morgan fingerprint density at radius 2 is 2.17 bits per heavy atom. The predicted molar refractivity (Wildman–Crippen MR) is 95.7 cm³/mol. The minimum atomic E-state index is 0.806. The Morgan fingerprint density at radius 3 is 3.04 bits per heavy atom. The van der Waals surface area contributed by atoms with E-state index < -0.39 is 0 Å². The minimum Gasteiger partial charge on any atom is -0.379 e. The molecule has 0 unspecified atom stereocenters. The van der Waals surface area contributed by atoms with Crippen LogP contribution >= 0.6 is 22.9 Å². The molecule has 4 rings (SSSR count). The standard InChI is InChI=1S/C17H20ClN3OS/c18-13-2-3-14-12(10-13)11-15-16(14)20-17(23-15)19-4-1-5-21-6-8-22-9-7-21/h2-3,10H,1,4-9,11H2,(H,19,20). The summed E-state index contributed by atoms with van der Waals surface area (Å²) >= 11 is 7.84. The van der Waals surface area contributed by atoms with Gasteiger partial charge >= 0.3 is 0 Å². The summed E-state index contributed by atoms with van der Waals surface area (Å²) in [5.41, 5.74) is 3.67. The number of hydrogen-bond acceptors (Lipinski definition) is 5. The van der Waals surface area contributed by atoms with Crippen LogP contribution in [0.3, 0.4) is 0 Å². The van der Waals surface area contributed by atoms with E-state index in [1.165, 1.54) is 16.0 Å². The summed E-state index contributed by atoms with van der Waals surface area (Å²) in [4.78, 5) is 8.59. The van der Waals surface area contributed by atoms with E-state index in [0.717, 1.165) is 68.1 Å². The Morgan fingerprint density at radius 1 is 1.30 bits per heavy atom. The zero-order valence-electron chi connectivity index (χ0n) is 13.0. The lowest BCUT2D eigenvalue weighted by molar-refractivity contribution is 0.0378. The van der Waals surface area contributed by atoms with E-state index in [1.807, 2.05) is 6.07 Å². The van der Waals surface area contributed by atoms with Gasteiger partial charge in [-0.3, -0.25) is 4.90 Å². The maximum atomic E-state index is 6.07. The topological polar surface area (TPSA) is 37.4 Å². The fourth-order valence-electron chi connectivity index (χ4n) is 3.19. The average molecular weight is 350 g/mol.